The molecule has 1 amide bonds. The molecule has 0 spiro atoms. The van der Waals surface area contributed by atoms with E-state index in [-0.39, 0.29) is 5.91 Å². The zero-order valence-electron chi connectivity index (χ0n) is 14.0. The Morgan fingerprint density at radius 1 is 1.00 bits per heavy atom. The molecule has 1 fully saturated rings. The number of thioether (sulfide) groups is 1. The third kappa shape index (κ3) is 3.86. The molecule has 0 aliphatic carbocycles. The molecule has 0 N–H and O–H groups in total. The van der Waals surface area contributed by atoms with Gasteiger partial charge >= 0.3 is 0 Å². The van der Waals surface area contributed by atoms with E-state index >= 15 is 0 Å². The molecule has 0 radical (unpaired) electrons. The second kappa shape index (κ2) is 7.93. The van der Waals surface area contributed by atoms with Crippen LogP contribution in [0.5, 0.6) is 0 Å². The second-order valence-corrected chi connectivity index (χ2v) is 8.75. The molecule has 1 aromatic heterocycles. The Labute approximate surface area is 185 Å². The van der Waals surface area contributed by atoms with Gasteiger partial charge in [0, 0.05) is 16.7 Å². The lowest BCUT2D eigenvalue weighted by atomic mass is 10.2. The van der Waals surface area contributed by atoms with Crippen LogP contribution in [0.4, 0.5) is 5.69 Å². The van der Waals surface area contributed by atoms with Crippen LogP contribution in [-0.4, -0.2) is 10.2 Å². The van der Waals surface area contributed by atoms with Crippen molar-refractivity contribution in [2.45, 2.75) is 0 Å². The minimum atomic E-state index is -0.242. The molecule has 1 aliphatic heterocycles. The fraction of sp³-hybridized carbons (Fsp3) is 0. The Morgan fingerprint density at radius 2 is 1.82 bits per heavy atom. The molecular formula is C20H10Cl3NO2S2. The van der Waals surface area contributed by atoms with Gasteiger partial charge in [-0.15, -0.1) is 0 Å². The number of thiocarbonyl (C=S) groups is 1. The molecule has 3 aromatic rings. The summed E-state index contributed by atoms with van der Waals surface area (Å²) in [6.07, 6.45) is 1.67. The fourth-order valence-corrected chi connectivity index (χ4v) is 4.43. The van der Waals surface area contributed by atoms with Crippen molar-refractivity contribution in [3.8, 4) is 11.3 Å². The third-order valence-electron chi connectivity index (χ3n) is 3.96. The van der Waals surface area contributed by atoms with E-state index in [1.165, 1.54) is 16.7 Å². The van der Waals surface area contributed by atoms with Gasteiger partial charge < -0.3 is 4.42 Å². The quantitative estimate of drug-likeness (QED) is 0.299. The highest BCUT2D eigenvalue weighted by atomic mass is 35.5. The minimum Gasteiger partial charge on any atom is -0.457 e. The number of hydrogen-bond acceptors (Lipinski definition) is 4. The summed E-state index contributed by atoms with van der Waals surface area (Å²) in [7, 11) is 0. The summed E-state index contributed by atoms with van der Waals surface area (Å²) >= 11 is 24.6. The predicted molar refractivity (Wildman–Crippen MR) is 121 cm³/mol. The molecule has 0 saturated carbocycles. The van der Waals surface area contributed by atoms with Gasteiger partial charge in [0.25, 0.3) is 5.91 Å². The van der Waals surface area contributed by atoms with E-state index in [1.807, 2.05) is 24.3 Å². The number of furan rings is 1. The number of carbonyl (C=O) groups excluding carboxylic acids is 1. The fourth-order valence-electron chi connectivity index (χ4n) is 2.67. The van der Waals surface area contributed by atoms with Gasteiger partial charge in [-0.2, -0.15) is 0 Å². The number of rotatable bonds is 3. The number of benzene rings is 2. The van der Waals surface area contributed by atoms with Crippen molar-refractivity contribution < 1.29 is 9.21 Å². The SMILES string of the molecule is O=C1/C(=C/c2ccc(-c3cccc(Cl)c3)o2)SC(=S)N1c1ccc(Cl)c(Cl)c1. The van der Waals surface area contributed by atoms with Gasteiger partial charge in [0.15, 0.2) is 4.32 Å². The average molecular weight is 467 g/mol. The van der Waals surface area contributed by atoms with Crippen molar-refractivity contribution in [3.63, 3.8) is 0 Å². The summed E-state index contributed by atoms with van der Waals surface area (Å²) in [4.78, 5) is 14.7. The first-order valence-corrected chi connectivity index (χ1v) is 10.4. The number of nitrogens with zero attached hydrogens (tertiary/aromatic N) is 1. The number of halogens is 3. The molecule has 140 valence electrons. The zero-order valence-corrected chi connectivity index (χ0v) is 17.9. The van der Waals surface area contributed by atoms with Gasteiger partial charge in [0.2, 0.25) is 0 Å². The van der Waals surface area contributed by atoms with Crippen LogP contribution < -0.4 is 4.90 Å². The molecule has 28 heavy (non-hydrogen) atoms. The van der Waals surface area contributed by atoms with Crippen LogP contribution in [0, 0.1) is 0 Å². The van der Waals surface area contributed by atoms with Crippen molar-refractivity contribution in [2.75, 3.05) is 4.90 Å². The minimum absolute atomic E-state index is 0.242. The van der Waals surface area contributed by atoms with Crippen molar-refractivity contribution in [1.29, 1.82) is 0 Å². The Balaban J connectivity index is 1.62. The second-order valence-electron chi connectivity index (χ2n) is 5.83. The first kappa shape index (κ1) is 19.6. The standard InChI is InChI=1S/C20H10Cl3NO2S2/c21-12-3-1-2-11(8-12)17-7-5-14(26-17)10-18-19(25)24(20(27)28-18)13-4-6-15(22)16(23)9-13/h1-10H/b18-10-. The van der Waals surface area contributed by atoms with Crippen molar-refractivity contribution in [3.05, 3.63) is 80.3 Å². The molecule has 2 aromatic carbocycles. The van der Waals surface area contributed by atoms with Gasteiger partial charge in [-0.25, -0.2) is 0 Å². The molecule has 0 unspecified atom stereocenters. The van der Waals surface area contributed by atoms with Gasteiger partial charge in [0.05, 0.1) is 20.6 Å². The topological polar surface area (TPSA) is 33.5 Å². The van der Waals surface area contributed by atoms with E-state index < -0.39 is 0 Å². The van der Waals surface area contributed by atoms with Crippen LogP contribution in [0.25, 0.3) is 17.4 Å². The lowest BCUT2D eigenvalue weighted by molar-refractivity contribution is -0.113. The average Bonchev–Trinajstić information content (AvgIpc) is 3.23. The molecular weight excluding hydrogens is 457 g/mol. The molecule has 4 rings (SSSR count). The highest BCUT2D eigenvalue weighted by Gasteiger charge is 2.33. The number of anilines is 1. The monoisotopic (exact) mass is 465 g/mol. The maximum absolute atomic E-state index is 12.9. The molecule has 8 heteroatoms. The third-order valence-corrected chi connectivity index (χ3v) is 6.24. The molecule has 3 nitrogen and oxygen atoms in total. The number of carbonyl (C=O) groups is 1. The molecule has 0 bridgehead atoms. The van der Waals surface area contributed by atoms with Gasteiger partial charge in [-0.1, -0.05) is 70.9 Å². The Hall–Kier alpha value is -1.76. The maximum atomic E-state index is 12.9. The lowest BCUT2D eigenvalue weighted by Crippen LogP contribution is -2.27. The summed E-state index contributed by atoms with van der Waals surface area (Å²) < 4.78 is 6.26. The van der Waals surface area contributed by atoms with E-state index in [4.69, 9.17) is 51.4 Å². The molecule has 1 saturated heterocycles. The smallest absolute Gasteiger partial charge is 0.270 e. The lowest BCUT2D eigenvalue weighted by Gasteiger charge is -2.15. The Bertz CT molecular complexity index is 1140. The number of hydrogen-bond donors (Lipinski definition) is 0. The predicted octanol–water partition coefficient (Wildman–Crippen LogP) is 7.31. The van der Waals surface area contributed by atoms with Crippen LogP contribution in [0.1, 0.15) is 5.76 Å². The van der Waals surface area contributed by atoms with E-state index in [2.05, 4.69) is 0 Å². The largest absolute Gasteiger partial charge is 0.457 e. The summed E-state index contributed by atoms with van der Waals surface area (Å²) in [5, 5.41) is 1.39. The van der Waals surface area contributed by atoms with Crippen molar-refractivity contribution in [1.82, 2.24) is 0 Å². The van der Waals surface area contributed by atoms with Crippen LogP contribution >= 0.6 is 58.8 Å². The Morgan fingerprint density at radius 3 is 2.57 bits per heavy atom. The highest BCUT2D eigenvalue weighted by Crippen LogP contribution is 2.38. The van der Waals surface area contributed by atoms with Crippen molar-refractivity contribution in [2.24, 2.45) is 0 Å². The van der Waals surface area contributed by atoms with Crippen LogP contribution in [0.3, 0.4) is 0 Å². The van der Waals surface area contributed by atoms with Gasteiger partial charge in [0.1, 0.15) is 11.5 Å². The first-order chi connectivity index (χ1) is 13.4. The van der Waals surface area contributed by atoms with E-state index in [1.54, 1.807) is 36.4 Å². The molecule has 2 heterocycles. The summed E-state index contributed by atoms with van der Waals surface area (Å²) in [6, 6.07) is 15.9. The molecule has 0 atom stereocenters. The van der Waals surface area contributed by atoms with Gasteiger partial charge in [-0.3, -0.25) is 9.69 Å². The van der Waals surface area contributed by atoms with E-state index in [0.29, 0.717) is 41.5 Å². The van der Waals surface area contributed by atoms with Crippen LogP contribution in [0.2, 0.25) is 15.1 Å². The normalized spacial score (nSPS) is 15.7. The Kier molecular flexibility index (Phi) is 5.54. The zero-order chi connectivity index (χ0) is 19.8. The van der Waals surface area contributed by atoms with Gasteiger partial charge in [-0.05, 0) is 42.5 Å². The van der Waals surface area contributed by atoms with Crippen LogP contribution in [0.15, 0.2) is 63.9 Å². The molecule has 1 aliphatic rings. The van der Waals surface area contributed by atoms with Crippen molar-refractivity contribution >= 4 is 80.8 Å². The van der Waals surface area contributed by atoms with E-state index in [0.717, 1.165) is 5.56 Å². The van der Waals surface area contributed by atoms with E-state index in [9.17, 15) is 4.79 Å². The summed E-state index contributed by atoms with van der Waals surface area (Å²) in [5.74, 6) is 0.965. The first-order valence-electron chi connectivity index (χ1n) is 8.01. The summed E-state index contributed by atoms with van der Waals surface area (Å²) in [5.41, 5.74) is 1.43. The van der Waals surface area contributed by atoms with Crippen LogP contribution in [-0.2, 0) is 4.79 Å². The summed E-state index contributed by atoms with van der Waals surface area (Å²) in [6.45, 7) is 0. The number of amides is 1. The maximum Gasteiger partial charge on any atom is 0.270 e. The highest BCUT2D eigenvalue weighted by molar-refractivity contribution is 8.27.